The summed E-state index contributed by atoms with van der Waals surface area (Å²) in [6.07, 6.45) is -4.06. The first-order valence-corrected chi connectivity index (χ1v) is 5.46. The molecule has 0 aliphatic heterocycles. The highest BCUT2D eigenvalue weighted by molar-refractivity contribution is 9.09. The zero-order valence-electron chi connectivity index (χ0n) is 8.11. The molecule has 0 atom stereocenters. The quantitative estimate of drug-likeness (QED) is 0.639. The number of alkyl halides is 4. The molecule has 1 rings (SSSR count). The number of nitrogens with zero attached hydrogens (tertiary/aromatic N) is 1. The van der Waals surface area contributed by atoms with Gasteiger partial charge in [-0.15, -0.1) is 0 Å². The minimum atomic E-state index is -4.53. The van der Waals surface area contributed by atoms with Crippen molar-refractivity contribution in [2.75, 3.05) is 11.1 Å². The van der Waals surface area contributed by atoms with Gasteiger partial charge >= 0.3 is 6.18 Å². The van der Waals surface area contributed by atoms with Crippen molar-refractivity contribution in [3.8, 4) is 11.8 Å². The SMILES string of the molecule is Nc1ccc(C#CCCBr)c(C(F)(F)F)n1. The van der Waals surface area contributed by atoms with Gasteiger partial charge in [0.15, 0.2) is 5.69 Å². The van der Waals surface area contributed by atoms with E-state index < -0.39 is 11.9 Å². The van der Waals surface area contributed by atoms with Crippen LogP contribution in [0.5, 0.6) is 0 Å². The van der Waals surface area contributed by atoms with Crippen LogP contribution in [0.15, 0.2) is 12.1 Å². The van der Waals surface area contributed by atoms with Crippen molar-refractivity contribution in [3.05, 3.63) is 23.4 Å². The Morgan fingerprint density at radius 2 is 2.06 bits per heavy atom. The predicted molar refractivity (Wildman–Crippen MR) is 58.9 cm³/mol. The van der Waals surface area contributed by atoms with Crippen LogP contribution in [-0.4, -0.2) is 10.3 Å². The zero-order chi connectivity index (χ0) is 12.2. The van der Waals surface area contributed by atoms with Crippen molar-refractivity contribution in [1.29, 1.82) is 0 Å². The highest BCUT2D eigenvalue weighted by Crippen LogP contribution is 2.30. The van der Waals surface area contributed by atoms with E-state index >= 15 is 0 Å². The molecule has 0 saturated heterocycles. The van der Waals surface area contributed by atoms with Crippen molar-refractivity contribution in [1.82, 2.24) is 4.98 Å². The third-order valence-electron chi connectivity index (χ3n) is 1.63. The third-order valence-corrected chi connectivity index (χ3v) is 2.02. The van der Waals surface area contributed by atoms with E-state index in [4.69, 9.17) is 5.73 Å². The van der Waals surface area contributed by atoms with E-state index in [9.17, 15) is 13.2 Å². The highest BCUT2D eigenvalue weighted by atomic mass is 79.9. The molecule has 1 aromatic rings. The Morgan fingerprint density at radius 1 is 1.38 bits per heavy atom. The summed E-state index contributed by atoms with van der Waals surface area (Å²) >= 11 is 3.13. The number of pyridine rings is 1. The van der Waals surface area contributed by atoms with Crippen molar-refractivity contribution in [2.45, 2.75) is 12.6 Å². The summed E-state index contributed by atoms with van der Waals surface area (Å²) in [6.45, 7) is 0. The number of hydrogen-bond donors (Lipinski definition) is 1. The molecule has 0 unspecified atom stereocenters. The first-order chi connectivity index (χ1) is 7.45. The van der Waals surface area contributed by atoms with Gasteiger partial charge in [0.25, 0.3) is 0 Å². The van der Waals surface area contributed by atoms with E-state index in [1.54, 1.807) is 0 Å². The molecule has 0 aliphatic carbocycles. The lowest BCUT2D eigenvalue weighted by Crippen LogP contribution is -2.12. The van der Waals surface area contributed by atoms with E-state index in [-0.39, 0.29) is 11.4 Å². The van der Waals surface area contributed by atoms with E-state index in [0.717, 1.165) is 0 Å². The van der Waals surface area contributed by atoms with Crippen molar-refractivity contribution < 1.29 is 13.2 Å². The average molecular weight is 293 g/mol. The van der Waals surface area contributed by atoms with Gasteiger partial charge in [-0.3, -0.25) is 0 Å². The monoisotopic (exact) mass is 292 g/mol. The van der Waals surface area contributed by atoms with E-state index in [1.165, 1.54) is 12.1 Å². The van der Waals surface area contributed by atoms with Gasteiger partial charge in [-0.25, -0.2) is 4.98 Å². The Labute approximate surface area is 99.2 Å². The predicted octanol–water partition coefficient (Wildman–Crippen LogP) is 2.82. The van der Waals surface area contributed by atoms with Gasteiger partial charge in [-0.2, -0.15) is 13.2 Å². The first kappa shape index (κ1) is 12.8. The number of rotatable bonds is 1. The summed E-state index contributed by atoms with van der Waals surface area (Å²) in [4.78, 5) is 3.26. The standard InChI is InChI=1S/C10H8BrF3N2/c11-6-2-1-3-7-4-5-8(15)16-9(7)10(12,13)14/h4-5H,2,6H2,(H2,15,16). The second kappa shape index (κ2) is 5.21. The molecule has 0 amide bonds. The number of nitrogens with two attached hydrogens (primary N) is 1. The van der Waals surface area contributed by atoms with E-state index in [0.29, 0.717) is 11.8 Å². The van der Waals surface area contributed by atoms with Gasteiger partial charge in [0.2, 0.25) is 0 Å². The second-order valence-electron chi connectivity index (χ2n) is 2.87. The molecule has 6 heteroatoms. The van der Waals surface area contributed by atoms with Crippen LogP contribution >= 0.6 is 15.9 Å². The molecule has 2 nitrogen and oxygen atoms in total. The number of hydrogen-bond acceptors (Lipinski definition) is 2. The van der Waals surface area contributed by atoms with Crippen molar-refractivity contribution >= 4 is 21.7 Å². The van der Waals surface area contributed by atoms with Gasteiger partial charge in [-0.05, 0) is 12.1 Å². The Morgan fingerprint density at radius 3 is 2.62 bits per heavy atom. The molecule has 0 radical (unpaired) electrons. The molecule has 86 valence electrons. The molecule has 0 aliphatic rings. The lowest BCUT2D eigenvalue weighted by atomic mass is 10.2. The largest absolute Gasteiger partial charge is 0.434 e. The molecule has 16 heavy (non-hydrogen) atoms. The maximum absolute atomic E-state index is 12.5. The summed E-state index contributed by atoms with van der Waals surface area (Å²) in [5.41, 5.74) is 4.03. The molecule has 0 fully saturated rings. The fraction of sp³-hybridized carbons (Fsp3) is 0.300. The molecular weight excluding hydrogens is 285 g/mol. The molecule has 1 aromatic heterocycles. The maximum atomic E-state index is 12.5. The Bertz CT molecular complexity index is 432. The average Bonchev–Trinajstić information content (AvgIpc) is 2.19. The summed E-state index contributed by atoms with van der Waals surface area (Å²) in [5, 5.41) is 0.615. The Kier molecular flexibility index (Phi) is 4.19. The van der Waals surface area contributed by atoms with Crippen molar-refractivity contribution in [3.63, 3.8) is 0 Å². The Hall–Kier alpha value is -1.22. The molecule has 0 saturated carbocycles. The molecule has 0 spiro atoms. The van der Waals surface area contributed by atoms with Crippen LogP contribution in [0, 0.1) is 11.8 Å². The molecule has 0 aromatic carbocycles. The van der Waals surface area contributed by atoms with Crippen LogP contribution in [0.4, 0.5) is 19.0 Å². The number of nitrogen functional groups attached to an aromatic ring is 1. The maximum Gasteiger partial charge on any atom is 0.434 e. The minimum absolute atomic E-state index is 0.150. The van der Waals surface area contributed by atoms with Gasteiger partial charge in [0.1, 0.15) is 5.82 Å². The third kappa shape index (κ3) is 3.42. The second-order valence-corrected chi connectivity index (χ2v) is 3.66. The lowest BCUT2D eigenvalue weighted by molar-refractivity contribution is -0.141. The topological polar surface area (TPSA) is 38.9 Å². The van der Waals surface area contributed by atoms with Gasteiger partial charge in [-0.1, -0.05) is 27.8 Å². The first-order valence-electron chi connectivity index (χ1n) is 4.33. The molecule has 1 heterocycles. The summed E-state index contributed by atoms with van der Waals surface area (Å²) in [5.74, 6) is 4.87. The van der Waals surface area contributed by atoms with Gasteiger partial charge < -0.3 is 5.73 Å². The summed E-state index contributed by atoms with van der Waals surface area (Å²) < 4.78 is 37.6. The number of aromatic nitrogens is 1. The fourth-order valence-corrected chi connectivity index (χ4v) is 1.19. The summed E-state index contributed by atoms with van der Waals surface area (Å²) in [7, 11) is 0. The van der Waals surface area contributed by atoms with E-state index in [2.05, 4.69) is 32.8 Å². The molecule has 2 N–H and O–H groups in total. The van der Waals surface area contributed by atoms with Crippen LogP contribution < -0.4 is 5.73 Å². The highest BCUT2D eigenvalue weighted by Gasteiger charge is 2.35. The van der Waals surface area contributed by atoms with Crippen LogP contribution in [0.25, 0.3) is 0 Å². The smallest absolute Gasteiger partial charge is 0.384 e. The fourth-order valence-electron chi connectivity index (χ4n) is 0.996. The van der Waals surface area contributed by atoms with Crippen LogP contribution in [-0.2, 0) is 6.18 Å². The van der Waals surface area contributed by atoms with Crippen LogP contribution in [0.3, 0.4) is 0 Å². The van der Waals surface area contributed by atoms with E-state index in [1.807, 2.05) is 0 Å². The zero-order valence-corrected chi connectivity index (χ0v) is 9.69. The van der Waals surface area contributed by atoms with Gasteiger partial charge in [0, 0.05) is 11.8 Å². The van der Waals surface area contributed by atoms with Gasteiger partial charge in [0.05, 0.1) is 5.56 Å². The number of anilines is 1. The molecular formula is C10H8BrF3N2. The summed E-state index contributed by atoms with van der Waals surface area (Å²) in [6, 6.07) is 2.53. The number of halogens is 4. The normalized spacial score (nSPS) is 10.8. The van der Waals surface area contributed by atoms with Crippen LogP contribution in [0.1, 0.15) is 17.7 Å². The Balaban J connectivity index is 3.15. The van der Waals surface area contributed by atoms with Crippen LogP contribution in [0.2, 0.25) is 0 Å². The van der Waals surface area contributed by atoms with Crippen molar-refractivity contribution in [2.24, 2.45) is 0 Å². The lowest BCUT2D eigenvalue weighted by Gasteiger charge is -2.08. The minimum Gasteiger partial charge on any atom is -0.384 e. The molecule has 0 bridgehead atoms.